The van der Waals surface area contributed by atoms with Crippen LogP contribution >= 0.6 is 0 Å². The molecular formula is C12H18N2O3. The molecule has 5 heteroatoms. The van der Waals surface area contributed by atoms with Gasteiger partial charge in [0, 0.05) is 12.4 Å². The molecule has 0 amide bonds. The van der Waals surface area contributed by atoms with Gasteiger partial charge in [-0.25, -0.2) is 14.6 Å². The molecule has 0 radical (unpaired) electrons. The van der Waals surface area contributed by atoms with E-state index in [-0.39, 0.29) is 0 Å². The molecule has 1 aromatic heterocycles. The molecule has 1 heterocycles. The van der Waals surface area contributed by atoms with Crippen LogP contribution < -0.4 is 5.69 Å². The van der Waals surface area contributed by atoms with Crippen molar-refractivity contribution in [3.05, 3.63) is 28.9 Å². The number of aliphatic carboxylic acids is 1. The molecule has 0 bridgehead atoms. The van der Waals surface area contributed by atoms with Crippen LogP contribution in [0, 0.1) is 5.92 Å². The molecule has 94 valence electrons. The number of carboxylic acids is 1. The van der Waals surface area contributed by atoms with Crippen LogP contribution in [-0.2, 0) is 10.3 Å². The van der Waals surface area contributed by atoms with Gasteiger partial charge in [-0.3, -0.25) is 4.57 Å². The van der Waals surface area contributed by atoms with Crippen molar-refractivity contribution >= 4 is 5.97 Å². The van der Waals surface area contributed by atoms with Crippen molar-refractivity contribution in [1.82, 2.24) is 9.55 Å². The summed E-state index contributed by atoms with van der Waals surface area (Å²) in [5, 5.41) is 9.34. The first-order valence-electron chi connectivity index (χ1n) is 5.65. The summed E-state index contributed by atoms with van der Waals surface area (Å²) in [5.41, 5.74) is -1.75. The average Bonchev–Trinajstić information content (AvgIpc) is 2.26. The quantitative estimate of drug-likeness (QED) is 0.843. The number of hydrogen-bond acceptors (Lipinski definition) is 3. The molecule has 1 N–H and O–H groups in total. The van der Waals surface area contributed by atoms with E-state index in [1.165, 1.54) is 17.0 Å². The second-order valence-corrected chi connectivity index (χ2v) is 4.78. The van der Waals surface area contributed by atoms with Gasteiger partial charge in [-0.1, -0.05) is 13.8 Å². The summed E-state index contributed by atoms with van der Waals surface area (Å²) in [4.78, 5) is 26.6. The van der Waals surface area contributed by atoms with E-state index in [0.717, 1.165) is 6.42 Å². The number of aromatic nitrogens is 2. The Morgan fingerprint density at radius 1 is 1.59 bits per heavy atom. The van der Waals surface area contributed by atoms with Gasteiger partial charge in [-0.05, 0) is 31.7 Å². The highest BCUT2D eigenvalue weighted by Gasteiger charge is 2.35. The van der Waals surface area contributed by atoms with Crippen molar-refractivity contribution in [2.75, 3.05) is 0 Å². The van der Waals surface area contributed by atoms with E-state index in [4.69, 9.17) is 0 Å². The van der Waals surface area contributed by atoms with E-state index in [1.807, 2.05) is 13.8 Å². The number of nitrogens with zero attached hydrogens (tertiary/aromatic N) is 2. The van der Waals surface area contributed by atoms with Crippen molar-refractivity contribution in [3.63, 3.8) is 0 Å². The Kier molecular flexibility index (Phi) is 4.04. The third-order valence-corrected chi connectivity index (χ3v) is 2.91. The van der Waals surface area contributed by atoms with E-state index in [1.54, 1.807) is 13.0 Å². The van der Waals surface area contributed by atoms with E-state index in [0.29, 0.717) is 12.3 Å². The van der Waals surface area contributed by atoms with Gasteiger partial charge in [-0.2, -0.15) is 0 Å². The van der Waals surface area contributed by atoms with Gasteiger partial charge in [0.05, 0.1) is 0 Å². The lowest BCUT2D eigenvalue weighted by Crippen LogP contribution is -2.45. The Labute approximate surface area is 100 Å². The van der Waals surface area contributed by atoms with Crippen molar-refractivity contribution in [3.8, 4) is 0 Å². The zero-order valence-electron chi connectivity index (χ0n) is 10.4. The van der Waals surface area contributed by atoms with Crippen molar-refractivity contribution < 1.29 is 9.90 Å². The van der Waals surface area contributed by atoms with Crippen molar-refractivity contribution in [1.29, 1.82) is 0 Å². The van der Waals surface area contributed by atoms with E-state index in [9.17, 15) is 14.7 Å². The van der Waals surface area contributed by atoms with E-state index >= 15 is 0 Å². The zero-order chi connectivity index (χ0) is 13.1. The SMILES string of the molecule is CC(C)CCC(C)(C(=O)O)n1cccnc1=O. The lowest BCUT2D eigenvalue weighted by atomic mass is 9.91. The second-order valence-electron chi connectivity index (χ2n) is 4.78. The zero-order valence-corrected chi connectivity index (χ0v) is 10.4. The van der Waals surface area contributed by atoms with Crippen LogP contribution in [0.5, 0.6) is 0 Å². The highest BCUT2D eigenvalue weighted by atomic mass is 16.4. The Morgan fingerprint density at radius 3 is 2.71 bits per heavy atom. The molecule has 0 saturated heterocycles. The Balaban J connectivity index is 3.13. The molecule has 0 aliphatic carbocycles. The summed E-state index contributed by atoms with van der Waals surface area (Å²) < 4.78 is 1.19. The lowest BCUT2D eigenvalue weighted by molar-refractivity contribution is -0.147. The van der Waals surface area contributed by atoms with Crippen LogP contribution in [-0.4, -0.2) is 20.6 Å². The molecule has 5 nitrogen and oxygen atoms in total. The van der Waals surface area contributed by atoms with Crippen LogP contribution in [0.25, 0.3) is 0 Å². The monoisotopic (exact) mass is 238 g/mol. The van der Waals surface area contributed by atoms with Crippen LogP contribution in [0.15, 0.2) is 23.3 Å². The number of carbonyl (C=O) groups is 1. The average molecular weight is 238 g/mol. The van der Waals surface area contributed by atoms with Gasteiger partial charge in [0.15, 0.2) is 0 Å². The first kappa shape index (κ1) is 13.4. The lowest BCUT2D eigenvalue weighted by Gasteiger charge is -2.27. The maximum Gasteiger partial charge on any atom is 0.348 e. The topological polar surface area (TPSA) is 72.2 Å². The summed E-state index contributed by atoms with van der Waals surface area (Å²) in [6, 6.07) is 1.57. The molecule has 1 rings (SSSR count). The number of carboxylic acid groups (broad SMARTS) is 1. The maximum atomic E-state index is 11.6. The Morgan fingerprint density at radius 2 is 2.24 bits per heavy atom. The molecule has 1 aromatic rings. The molecule has 17 heavy (non-hydrogen) atoms. The van der Waals surface area contributed by atoms with Gasteiger partial charge >= 0.3 is 11.7 Å². The highest BCUT2D eigenvalue weighted by Crippen LogP contribution is 2.23. The first-order valence-corrected chi connectivity index (χ1v) is 5.65. The third kappa shape index (κ3) is 2.93. The van der Waals surface area contributed by atoms with Crippen LogP contribution in [0.4, 0.5) is 0 Å². The summed E-state index contributed by atoms with van der Waals surface area (Å²) in [6.07, 6.45) is 3.99. The fraction of sp³-hybridized carbons (Fsp3) is 0.583. The predicted molar refractivity (Wildman–Crippen MR) is 63.9 cm³/mol. The largest absolute Gasteiger partial charge is 0.479 e. The molecule has 0 spiro atoms. The fourth-order valence-corrected chi connectivity index (χ4v) is 1.63. The minimum atomic E-state index is -1.23. The summed E-state index contributed by atoms with van der Waals surface area (Å²) in [7, 11) is 0. The van der Waals surface area contributed by atoms with E-state index < -0.39 is 17.2 Å². The van der Waals surface area contributed by atoms with Crippen molar-refractivity contribution in [2.45, 2.75) is 39.2 Å². The smallest absolute Gasteiger partial charge is 0.348 e. The van der Waals surface area contributed by atoms with Gasteiger partial charge in [0.1, 0.15) is 5.54 Å². The van der Waals surface area contributed by atoms with Crippen LogP contribution in [0.2, 0.25) is 0 Å². The molecule has 0 aliphatic heterocycles. The fourth-order valence-electron chi connectivity index (χ4n) is 1.63. The third-order valence-electron chi connectivity index (χ3n) is 2.91. The number of rotatable bonds is 5. The molecule has 1 atom stereocenters. The second kappa shape index (κ2) is 5.12. The van der Waals surface area contributed by atoms with Gasteiger partial charge in [0.25, 0.3) is 0 Å². The standard InChI is InChI=1S/C12H18N2O3/c1-9(2)5-6-12(3,10(15)16)14-8-4-7-13-11(14)17/h4,7-9H,5-6H2,1-3H3,(H,15,16). The molecular weight excluding hydrogens is 220 g/mol. The van der Waals surface area contributed by atoms with E-state index in [2.05, 4.69) is 4.98 Å². The molecule has 1 unspecified atom stereocenters. The molecule has 0 aliphatic rings. The first-order chi connectivity index (χ1) is 7.88. The summed E-state index contributed by atoms with van der Waals surface area (Å²) >= 11 is 0. The highest BCUT2D eigenvalue weighted by molar-refractivity contribution is 5.76. The van der Waals surface area contributed by atoms with Gasteiger partial charge in [-0.15, -0.1) is 0 Å². The van der Waals surface area contributed by atoms with Crippen LogP contribution in [0.3, 0.4) is 0 Å². The minimum Gasteiger partial charge on any atom is -0.479 e. The molecule has 0 fully saturated rings. The van der Waals surface area contributed by atoms with Crippen molar-refractivity contribution in [2.24, 2.45) is 5.92 Å². The molecule has 0 aromatic carbocycles. The number of hydrogen-bond donors (Lipinski definition) is 1. The normalized spacial score (nSPS) is 14.6. The molecule has 0 saturated carbocycles. The predicted octanol–water partition coefficient (Wildman–Crippen LogP) is 1.48. The maximum absolute atomic E-state index is 11.6. The Hall–Kier alpha value is -1.65. The summed E-state index contributed by atoms with van der Waals surface area (Å²) in [5.74, 6) is -0.616. The van der Waals surface area contributed by atoms with Crippen LogP contribution in [0.1, 0.15) is 33.6 Å². The Bertz CT molecular complexity index is 453. The van der Waals surface area contributed by atoms with Gasteiger partial charge in [0.2, 0.25) is 0 Å². The summed E-state index contributed by atoms with van der Waals surface area (Å²) in [6.45, 7) is 5.60. The van der Waals surface area contributed by atoms with Gasteiger partial charge < -0.3 is 5.11 Å². The minimum absolute atomic E-state index is 0.390.